The van der Waals surface area contributed by atoms with Crippen molar-refractivity contribution in [2.24, 2.45) is 0 Å². The first kappa shape index (κ1) is 19.3. The molecule has 0 spiro atoms. The molecule has 1 aliphatic heterocycles. The van der Waals surface area contributed by atoms with Crippen LogP contribution in [0.15, 0.2) is 54.6 Å². The number of rotatable bonds is 8. The summed E-state index contributed by atoms with van der Waals surface area (Å²) in [5.74, 6) is 2.01. The van der Waals surface area contributed by atoms with Crippen LogP contribution in [0.25, 0.3) is 0 Å². The highest BCUT2D eigenvalue weighted by molar-refractivity contribution is 7.98. The minimum Gasteiger partial charge on any atom is -0.338 e. The molecule has 0 radical (unpaired) electrons. The number of carbonyl (C=O) groups excluding carboxylic acids is 2. The average Bonchev–Trinajstić information content (AvgIpc) is 3.07. The summed E-state index contributed by atoms with van der Waals surface area (Å²) in [6.07, 6.45) is 1.57. The van der Waals surface area contributed by atoms with Crippen LogP contribution in [0, 0.1) is 0 Å². The number of hydrogen-bond acceptors (Lipinski definition) is 3. The fraction of sp³-hybridized carbons (Fsp3) is 0.333. The number of thioether (sulfide) groups is 1. The fourth-order valence-electron chi connectivity index (χ4n) is 3.02. The lowest BCUT2D eigenvalue weighted by molar-refractivity contribution is -0.128. The summed E-state index contributed by atoms with van der Waals surface area (Å²) in [5.41, 5.74) is 3.07. The molecule has 0 unspecified atom stereocenters. The number of anilines is 1. The van der Waals surface area contributed by atoms with Crippen LogP contribution in [0.1, 0.15) is 24.0 Å². The molecule has 1 fully saturated rings. The Bertz CT molecular complexity index is 767. The summed E-state index contributed by atoms with van der Waals surface area (Å²) < 4.78 is 0. The van der Waals surface area contributed by atoms with Crippen LogP contribution in [-0.4, -0.2) is 35.7 Å². The van der Waals surface area contributed by atoms with Gasteiger partial charge in [0.1, 0.15) is 0 Å². The van der Waals surface area contributed by atoms with Gasteiger partial charge in [-0.2, -0.15) is 11.8 Å². The van der Waals surface area contributed by atoms with Crippen molar-refractivity contribution >= 4 is 29.4 Å². The fourth-order valence-corrected chi connectivity index (χ4v) is 3.83. The topological polar surface area (TPSA) is 61.4 Å². The molecule has 0 aromatic heterocycles. The van der Waals surface area contributed by atoms with Gasteiger partial charge in [0, 0.05) is 43.2 Å². The highest BCUT2D eigenvalue weighted by Crippen LogP contribution is 2.17. The smallest absolute Gasteiger partial charge is 0.319 e. The molecule has 2 aromatic carbocycles. The van der Waals surface area contributed by atoms with Gasteiger partial charge in [-0.05, 0) is 29.7 Å². The molecule has 142 valence electrons. The molecular formula is C21H25N3O2S. The van der Waals surface area contributed by atoms with E-state index in [1.807, 2.05) is 47.4 Å². The maximum absolute atomic E-state index is 12.1. The van der Waals surface area contributed by atoms with Gasteiger partial charge >= 0.3 is 6.03 Å². The van der Waals surface area contributed by atoms with Gasteiger partial charge < -0.3 is 15.5 Å². The number of amides is 3. The zero-order valence-electron chi connectivity index (χ0n) is 15.3. The number of carbonyl (C=O) groups is 2. The van der Waals surface area contributed by atoms with Crippen molar-refractivity contribution in [2.45, 2.75) is 25.1 Å². The third-order valence-corrected chi connectivity index (χ3v) is 5.40. The van der Waals surface area contributed by atoms with Gasteiger partial charge in [-0.25, -0.2) is 4.79 Å². The van der Waals surface area contributed by atoms with E-state index >= 15 is 0 Å². The Morgan fingerprint density at radius 1 is 1.07 bits per heavy atom. The van der Waals surface area contributed by atoms with E-state index in [0.717, 1.165) is 35.7 Å². The normalized spacial score (nSPS) is 13.6. The first-order valence-electron chi connectivity index (χ1n) is 9.24. The minimum absolute atomic E-state index is 0.204. The highest BCUT2D eigenvalue weighted by Gasteiger charge is 2.19. The number of urea groups is 1. The lowest BCUT2D eigenvalue weighted by Gasteiger charge is -2.16. The average molecular weight is 384 g/mol. The lowest BCUT2D eigenvalue weighted by atomic mass is 10.2. The molecule has 0 atom stereocenters. The van der Waals surface area contributed by atoms with Crippen molar-refractivity contribution < 1.29 is 9.59 Å². The first-order chi connectivity index (χ1) is 13.2. The third kappa shape index (κ3) is 6.32. The van der Waals surface area contributed by atoms with Gasteiger partial charge in [-0.3, -0.25) is 4.79 Å². The molecule has 3 amide bonds. The molecule has 6 heteroatoms. The molecule has 0 aliphatic carbocycles. The van der Waals surface area contributed by atoms with E-state index in [0.29, 0.717) is 19.5 Å². The molecule has 0 bridgehead atoms. The van der Waals surface area contributed by atoms with Gasteiger partial charge in [0.25, 0.3) is 0 Å². The Hall–Kier alpha value is -2.47. The van der Waals surface area contributed by atoms with E-state index < -0.39 is 0 Å². The van der Waals surface area contributed by atoms with Crippen LogP contribution < -0.4 is 10.6 Å². The second-order valence-electron chi connectivity index (χ2n) is 6.54. The number of nitrogens with one attached hydrogen (secondary N) is 2. The van der Waals surface area contributed by atoms with Crippen LogP contribution in [0.2, 0.25) is 0 Å². The second kappa shape index (κ2) is 10.0. The molecule has 1 saturated heterocycles. The Kier molecular flexibility index (Phi) is 7.16. The summed E-state index contributed by atoms with van der Waals surface area (Å²) in [4.78, 5) is 25.7. The monoisotopic (exact) mass is 383 g/mol. The number of hydrogen-bond donors (Lipinski definition) is 2. The molecule has 1 heterocycles. The van der Waals surface area contributed by atoms with Crippen LogP contribution in [0.5, 0.6) is 0 Å². The molecule has 5 nitrogen and oxygen atoms in total. The molecule has 2 N–H and O–H groups in total. The number of benzene rings is 2. The minimum atomic E-state index is -0.204. The quantitative estimate of drug-likeness (QED) is 0.681. The van der Waals surface area contributed by atoms with Crippen molar-refractivity contribution in [3.63, 3.8) is 0 Å². The molecular weight excluding hydrogens is 358 g/mol. The number of nitrogens with zero attached hydrogens (tertiary/aromatic N) is 1. The Morgan fingerprint density at radius 2 is 1.89 bits per heavy atom. The predicted octanol–water partition coefficient (Wildman–Crippen LogP) is 3.86. The van der Waals surface area contributed by atoms with Crippen LogP contribution in [0.3, 0.4) is 0 Å². The molecule has 2 aromatic rings. The maximum Gasteiger partial charge on any atom is 0.319 e. The Labute approximate surface area is 164 Å². The van der Waals surface area contributed by atoms with Crippen LogP contribution in [-0.2, 0) is 17.1 Å². The molecule has 0 saturated carbocycles. The van der Waals surface area contributed by atoms with Gasteiger partial charge in [0.2, 0.25) is 5.91 Å². The van der Waals surface area contributed by atoms with Gasteiger partial charge in [-0.1, -0.05) is 42.5 Å². The summed E-state index contributed by atoms with van der Waals surface area (Å²) >= 11 is 1.80. The van der Waals surface area contributed by atoms with Crippen LogP contribution >= 0.6 is 11.8 Å². The van der Waals surface area contributed by atoms with E-state index in [-0.39, 0.29) is 11.9 Å². The SMILES string of the molecule is O=C(NCCSCc1ccccc1)Nc1cccc(CN2CCCC2=O)c1. The number of likely N-dealkylation sites (tertiary alicyclic amines) is 1. The highest BCUT2D eigenvalue weighted by atomic mass is 32.2. The van der Waals surface area contributed by atoms with Crippen molar-refractivity contribution in [3.8, 4) is 0 Å². The maximum atomic E-state index is 12.1. The Morgan fingerprint density at radius 3 is 2.67 bits per heavy atom. The Balaban J connectivity index is 1.37. The van der Waals surface area contributed by atoms with Gasteiger partial charge in [0.05, 0.1) is 0 Å². The first-order valence-corrected chi connectivity index (χ1v) is 10.4. The van der Waals surface area contributed by atoms with E-state index in [9.17, 15) is 9.59 Å². The van der Waals surface area contributed by atoms with E-state index in [4.69, 9.17) is 0 Å². The zero-order chi connectivity index (χ0) is 18.9. The van der Waals surface area contributed by atoms with Crippen molar-refractivity contribution in [3.05, 3.63) is 65.7 Å². The lowest BCUT2D eigenvalue weighted by Crippen LogP contribution is -2.30. The zero-order valence-corrected chi connectivity index (χ0v) is 16.1. The third-order valence-electron chi connectivity index (χ3n) is 4.37. The molecule has 1 aliphatic rings. The summed E-state index contributed by atoms with van der Waals surface area (Å²) in [5, 5.41) is 5.75. The largest absolute Gasteiger partial charge is 0.338 e. The van der Waals surface area contributed by atoms with E-state index in [2.05, 4.69) is 22.8 Å². The summed E-state index contributed by atoms with van der Waals surface area (Å²) in [6.45, 7) is 2.04. The van der Waals surface area contributed by atoms with Crippen molar-refractivity contribution in [1.82, 2.24) is 10.2 Å². The van der Waals surface area contributed by atoms with Crippen LogP contribution in [0.4, 0.5) is 10.5 Å². The second-order valence-corrected chi connectivity index (χ2v) is 7.64. The van der Waals surface area contributed by atoms with Crippen molar-refractivity contribution in [2.75, 3.05) is 24.2 Å². The van der Waals surface area contributed by atoms with Gasteiger partial charge in [-0.15, -0.1) is 0 Å². The molecule has 27 heavy (non-hydrogen) atoms. The molecule has 3 rings (SSSR count). The summed E-state index contributed by atoms with van der Waals surface area (Å²) in [7, 11) is 0. The summed E-state index contributed by atoms with van der Waals surface area (Å²) in [6, 6.07) is 17.8. The van der Waals surface area contributed by atoms with Gasteiger partial charge in [0.15, 0.2) is 0 Å². The van der Waals surface area contributed by atoms with Crippen molar-refractivity contribution in [1.29, 1.82) is 0 Å². The van der Waals surface area contributed by atoms with E-state index in [1.54, 1.807) is 11.8 Å². The standard InChI is InChI=1S/C21H25N3O2S/c25-20-10-5-12-24(20)15-18-8-4-9-19(14-18)23-21(26)22-11-13-27-16-17-6-2-1-3-7-17/h1-4,6-9,14H,5,10-13,15-16H2,(H2,22,23,26). The predicted molar refractivity (Wildman–Crippen MR) is 111 cm³/mol. The van der Waals surface area contributed by atoms with E-state index in [1.165, 1.54) is 5.56 Å².